The third kappa shape index (κ3) is 7.19. The van der Waals surface area contributed by atoms with Crippen molar-refractivity contribution in [1.82, 2.24) is 34.4 Å². The van der Waals surface area contributed by atoms with E-state index in [0.717, 1.165) is 21.4 Å². The first kappa shape index (κ1) is 41.6. The number of amides is 1. The summed E-state index contributed by atoms with van der Waals surface area (Å²) >= 11 is 6.61. The predicted molar refractivity (Wildman–Crippen MR) is 207 cm³/mol. The van der Waals surface area contributed by atoms with E-state index in [2.05, 4.69) is 25.2 Å². The summed E-state index contributed by atoms with van der Waals surface area (Å²) in [6.07, 6.45) is -6.27. The lowest BCUT2D eigenvalue weighted by Gasteiger charge is -2.24. The monoisotopic (exact) mass is 910 g/mol. The van der Waals surface area contributed by atoms with E-state index in [1.54, 1.807) is 0 Å². The van der Waals surface area contributed by atoms with Gasteiger partial charge >= 0.3 is 0 Å². The number of fused-ring (bicyclic) bond motifs is 5. The van der Waals surface area contributed by atoms with Crippen LogP contribution in [0.2, 0.25) is 5.02 Å². The molecule has 0 spiro atoms. The number of halogens is 9. The molecule has 0 radical (unpaired) electrons. The molecule has 0 bridgehead atoms. The molecule has 2 saturated carbocycles. The number of hydrogen-bond acceptors (Lipinski definition) is 8. The molecule has 62 heavy (non-hydrogen) atoms. The van der Waals surface area contributed by atoms with Gasteiger partial charge in [-0.1, -0.05) is 11.6 Å². The molecule has 1 unspecified atom stereocenters. The lowest BCUT2D eigenvalue weighted by Crippen LogP contribution is -2.38. The van der Waals surface area contributed by atoms with Crippen molar-refractivity contribution in [3.8, 4) is 11.4 Å². The smallest absolute Gasteiger partial charge is 0.293 e. The first-order chi connectivity index (χ1) is 29.4. The van der Waals surface area contributed by atoms with E-state index < -0.39 is 118 Å². The summed E-state index contributed by atoms with van der Waals surface area (Å²) in [5, 5.41) is 9.14. The maximum Gasteiger partial charge on any atom is 0.293 e. The summed E-state index contributed by atoms with van der Waals surface area (Å²) in [7, 11) is -2.75. The van der Waals surface area contributed by atoms with Crippen molar-refractivity contribution in [3.05, 3.63) is 104 Å². The zero-order valence-corrected chi connectivity index (χ0v) is 33.4. The number of carbonyl (C=O) groups excluding carboxylic acids is 1. The highest BCUT2D eigenvalue weighted by atomic mass is 35.5. The summed E-state index contributed by atoms with van der Waals surface area (Å²) in [5.41, 5.74) is -3.71. The Bertz CT molecular complexity index is 2990. The van der Waals surface area contributed by atoms with Crippen LogP contribution < -0.4 is 20.3 Å². The number of sulfonamides is 1. The molecule has 6 aromatic rings. The zero-order chi connectivity index (χ0) is 44.2. The number of benzene rings is 3. The summed E-state index contributed by atoms with van der Waals surface area (Å²) < 4.78 is 153. The molecule has 2 N–H and O–H groups in total. The van der Waals surface area contributed by atoms with E-state index >= 15 is 8.78 Å². The van der Waals surface area contributed by atoms with Gasteiger partial charge in [-0.25, -0.2) is 39.7 Å². The highest BCUT2D eigenvalue weighted by Crippen LogP contribution is 2.68. The van der Waals surface area contributed by atoms with Crippen LogP contribution in [0.4, 0.5) is 40.9 Å². The zero-order valence-electron chi connectivity index (χ0n) is 31.9. The van der Waals surface area contributed by atoms with Crippen molar-refractivity contribution < 1.29 is 53.1 Å². The minimum absolute atomic E-state index is 0.0398. The van der Waals surface area contributed by atoms with Gasteiger partial charge in [-0.05, 0) is 67.1 Å². The van der Waals surface area contributed by atoms with Crippen molar-refractivity contribution in [3.63, 3.8) is 0 Å². The standard InChI is InChI=1S/C39H31ClF8N8O5S/c1-61-19-2-5-21-25(12-19)50-37(56(38(21)58)27-7-6-24(40)31-33(27)54(14-28(43)44)52-36(31)53-62(59,60)20-3-4-20)26(10-16-8-17(41)11-18(42)9-16)49-29(57)15-55-34-30(32(51-55)35(45)46)22-13-23(22)39(34,47)48/h2,5-9,11-12,20,22-23,26,28,35H,3-4,10,13-15H2,1H3,(H,49,57)(H,52,53)/t22-,23+,26?/m0/s1. The quantitative estimate of drug-likeness (QED) is 0.108. The number of carbonyl (C=O) groups is 1. The first-order valence-electron chi connectivity index (χ1n) is 19.0. The number of hydrogen-bond donors (Lipinski definition) is 2. The van der Waals surface area contributed by atoms with Gasteiger partial charge in [0.15, 0.2) is 5.82 Å². The molecular formula is C39H31ClF8N8O5S. The van der Waals surface area contributed by atoms with E-state index in [-0.39, 0.29) is 55.8 Å². The molecule has 3 aromatic carbocycles. The van der Waals surface area contributed by atoms with Gasteiger partial charge in [-0.3, -0.25) is 28.2 Å². The Hall–Kier alpha value is -5.77. The van der Waals surface area contributed by atoms with E-state index in [9.17, 15) is 44.3 Å². The molecule has 3 aliphatic rings. The highest BCUT2D eigenvalue weighted by Gasteiger charge is 2.67. The number of nitrogens with one attached hydrogen (secondary N) is 2. The van der Waals surface area contributed by atoms with Gasteiger partial charge in [-0.15, -0.1) is 0 Å². The molecule has 0 aliphatic heterocycles. The maximum absolute atomic E-state index is 15.5. The van der Waals surface area contributed by atoms with Gasteiger partial charge < -0.3 is 10.1 Å². The van der Waals surface area contributed by atoms with Crippen LogP contribution in [0.25, 0.3) is 27.5 Å². The summed E-state index contributed by atoms with van der Waals surface area (Å²) in [4.78, 5) is 33.6. The fourth-order valence-corrected chi connectivity index (χ4v) is 9.85. The Kier molecular flexibility index (Phi) is 10.0. The number of rotatable bonds is 14. The Morgan fingerprint density at radius 1 is 1.02 bits per heavy atom. The van der Waals surface area contributed by atoms with Crippen molar-refractivity contribution in [2.75, 3.05) is 11.8 Å². The van der Waals surface area contributed by atoms with Crippen LogP contribution in [0.1, 0.15) is 66.0 Å². The van der Waals surface area contributed by atoms with Crippen LogP contribution in [0.5, 0.6) is 5.75 Å². The molecule has 0 saturated heterocycles. The lowest BCUT2D eigenvalue weighted by molar-refractivity contribution is -0.123. The van der Waals surface area contributed by atoms with Crippen LogP contribution in [0.15, 0.2) is 53.3 Å². The van der Waals surface area contributed by atoms with Crippen molar-refractivity contribution in [2.24, 2.45) is 5.92 Å². The minimum Gasteiger partial charge on any atom is -0.497 e. The summed E-state index contributed by atoms with van der Waals surface area (Å²) in [6, 6.07) is 7.30. The lowest BCUT2D eigenvalue weighted by atomic mass is 10.0. The predicted octanol–water partition coefficient (Wildman–Crippen LogP) is 7.29. The number of methoxy groups -OCH3 is 1. The third-order valence-corrected chi connectivity index (χ3v) is 13.3. The molecule has 9 rings (SSSR count). The Morgan fingerprint density at radius 2 is 1.74 bits per heavy atom. The van der Waals surface area contributed by atoms with Gasteiger partial charge in [-0.2, -0.15) is 19.0 Å². The molecular weight excluding hydrogens is 880 g/mol. The van der Waals surface area contributed by atoms with Crippen molar-refractivity contribution >= 4 is 55.2 Å². The third-order valence-electron chi connectivity index (χ3n) is 11.1. The minimum atomic E-state index is -4.07. The normalized spacial score (nSPS) is 18.4. The molecule has 3 aromatic heterocycles. The molecule has 1 amide bonds. The largest absolute Gasteiger partial charge is 0.497 e. The second-order valence-electron chi connectivity index (χ2n) is 15.3. The molecule has 326 valence electrons. The van der Waals surface area contributed by atoms with E-state index in [4.69, 9.17) is 16.3 Å². The van der Waals surface area contributed by atoms with Crippen LogP contribution in [0.3, 0.4) is 0 Å². The summed E-state index contributed by atoms with van der Waals surface area (Å²) in [5.74, 6) is -9.57. The highest BCUT2D eigenvalue weighted by molar-refractivity contribution is 7.93. The van der Waals surface area contributed by atoms with Gasteiger partial charge in [0, 0.05) is 30.0 Å². The van der Waals surface area contributed by atoms with Crippen molar-refractivity contribution in [2.45, 2.75) is 74.8 Å². The topological polar surface area (TPSA) is 155 Å². The van der Waals surface area contributed by atoms with Gasteiger partial charge in [0.1, 0.15) is 47.7 Å². The number of aromatic nitrogens is 6. The fraction of sp³-hybridized carbons (Fsp3) is 0.359. The van der Waals surface area contributed by atoms with Crippen LogP contribution in [-0.4, -0.2) is 62.2 Å². The van der Waals surface area contributed by atoms with Gasteiger partial charge in [0.25, 0.3) is 24.3 Å². The Balaban J connectivity index is 1.25. The van der Waals surface area contributed by atoms with E-state index in [1.165, 1.54) is 37.4 Å². The SMILES string of the molecule is COc1ccc2c(=O)n(-c3ccc(Cl)c4c(NS(=O)(=O)C5CC5)nn(CC(F)F)c34)c(C(Cc3cc(F)cc(F)c3)NC(=O)Cn3nc(C(F)F)c4c3C(F)(F)[C@@H]3C[C@H]43)nc2c1. The second-order valence-corrected chi connectivity index (χ2v) is 17.7. The van der Waals surface area contributed by atoms with E-state index in [0.29, 0.717) is 23.6 Å². The van der Waals surface area contributed by atoms with E-state index in [1.807, 2.05) is 0 Å². The summed E-state index contributed by atoms with van der Waals surface area (Å²) in [6.45, 7) is -2.19. The Labute approximate surface area is 349 Å². The van der Waals surface area contributed by atoms with Crippen LogP contribution in [-0.2, 0) is 40.3 Å². The number of anilines is 1. The maximum atomic E-state index is 15.5. The second kappa shape index (κ2) is 15.0. The average Bonchev–Trinajstić information content (AvgIpc) is 4.11. The van der Waals surface area contributed by atoms with Crippen LogP contribution >= 0.6 is 11.6 Å². The first-order valence-corrected chi connectivity index (χ1v) is 20.9. The number of alkyl halides is 6. The Morgan fingerprint density at radius 3 is 2.40 bits per heavy atom. The molecule has 2 fully saturated rings. The van der Waals surface area contributed by atoms with Crippen LogP contribution in [0, 0.1) is 17.6 Å². The molecule has 3 heterocycles. The molecule has 3 aliphatic carbocycles. The molecule has 23 heteroatoms. The van der Waals surface area contributed by atoms with Gasteiger partial charge in [0.05, 0.1) is 50.9 Å². The van der Waals surface area contributed by atoms with Crippen molar-refractivity contribution in [1.29, 1.82) is 0 Å². The average molecular weight is 911 g/mol. The molecule has 13 nitrogen and oxygen atoms in total. The molecule has 3 atom stereocenters. The number of nitrogens with zero attached hydrogens (tertiary/aromatic N) is 6. The fourth-order valence-electron chi connectivity index (χ4n) is 8.27. The van der Waals surface area contributed by atoms with Gasteiger partial charge in [0.2, 0.25) is 15.9 Å². The number of ether oxygens (including phenoxy) is 1.